The van der Waals surface area contributed by atoms with Crippen molar-refractivity contribution in [2.45, 2.75) is 18.9 Å². The van der Waals surface area contributed by atoms with Crippen LogP contribution in [-0.4, -0.2) is 0 Å². The molecule has 1 aromatic rings. The van der Waals surface area contributed by atoms with Crippen LogP contribution in [0.4, 0.5) is 8.78 Å². The minimum Gasteiger partial charge on any atom is -0.324 e. The highest BCUT2D eigenvalue weighted by Gasteiger charge is 2.15. The van der Waals surface area contributed by atoms with E-state index in [0.717, 1.165) is 0 Å². The van der Waals surface area contributed by atoms with Crippen molar-refractivity contribution < 1.29 is 8.78 Å². The van der Waals surface area contributed by atoms with Crippen molar-refractivity contribution in [2.24, 2.45) is 5.73 Å². The Morgan fingerprint density at radius 2 is 1.86 bits per heavy atom. The molecule has 0 saturated carbocycles. The van der Waals surface area contributed by atoms with E-state index < -0.39 is 12.5 Å². The van der Waals surface area contributed by atoms with Gasteiger partial charge in [0.2, 0.25) is 0 Å². The summed E-state index contributed by atoms with van der Waals surface area (Å²) in [5.41, 5.74) is 6.26. The van der Waals surface area contributed by atoms with E-state index in [1.54, 1.807) is 24.3 Å². The summed E-state index contributed by atoms with van der Waals surface area (Å²) in [7, 11) is 0. The first kappa shape index (κ1) is 10.9. The molecule has 0 amide bonds. The number of benzene rings is 1. The smallest absolute Gasteiger partial charge is 0.264 e. The lowest BCUT2D eigenvalue weighted by Crippen LogP contribution is -2.11. The number of rotatable bonds is 4. The number of alkyl halides is 2. The van der Waals surface area contributed by atoms with Gasteiger partial charge in [0.25, 0.3) is 6.43 Å². The van der Waals surface area contributed by atoms with Gasteiger partial charge in [0.15, 0.2) is 0 Å². The maximum atomic E-state index is 12.5. The van der Waals surface area contributed by atoms with Gasteiger partial charge in [0.1, 0.15) is 0 Å². The lowest BCUT2D eigenvalue weighted by molar-refractivity contribution is 0.149. The van der Waals surface area contributed by atoms with Gasteiger partial charge in [-0.15, -0.1) is 6.58 Å². The Hall–Kier alpha value is -1.22. The highest BCUT2D eigenvalue weighted by molar-refractivity contribution is 5.31. The summed E-state index contributed by atoms with van der Waals surface area (Å²) in [5, 5.41) is 0. The average Bonchev–Trinajstić information content (AvgIpc) is 2.18. The van der Waals surface area contributed by atoms with Gasteiger partial charge in [0, 0.05) is 11.6 Å². The molecule has 0 heterocycles. The predicted octanol–water partition coefficient (Wildman–Crippen LogP) is 3.20. The molecule has 1 nitrogen and oxygen atoms in total. The van der Waals surface area contributed by atoms with Gasteiger partial charge in [-0.1, -0.05) is 30.3 Å². The molecular formula is C11H13F2N. The molecule has 0 aromatic heterocycles. The van der Waals surface area contributed by atoms with Crippen molar-refractivity contribution in [2.75, 3.05) is 0 Å². The second-order valence-corrected chi connectivity index (χ2v) is 3.06. The van der Waals surface area contributed by atoms with Crippen LogP contribution in [0.3, 0.4) is 0 Å². The highest BCUT2D eigenvalue weighted by Crippen LogP contribution is 2.27. The zero-order valence-corrected chi connectivity index (χ0v) is 7.79. The van der Waals surface area contributed by atoms with Crippen LogP contribution in [0.1, 0.15) is 30.0 Å². The minimum absolute atomic E-state index is 0.0156. The van der Waals surface area contributed by atoms with Crippen LogP contribution >= 0.6 is 0 Å². The van der Waals surface area contributed by atoms with E-state index in [1.807, 2.05) is 0 Å². The third-order valence-corrected chi connectivity index (χ3v) is 2.05. The average molecular weight is 197 g/mol. The third kappa shape index (κ3) is 2.39. The van der Waals surface area contributed by atoms with Gasteiger partial charge < -0.3 is 5.73 Å². The zero-order valence-electron chi connectivity index (χ0n) is 7.79. The summed E-state index contributed by atoms with van der Waals surface area (Å²) in [6.45, 7) is 3.53. The van der Waals surface area contributed by atoms with Crippen molar-refractivity contribution in [1.29, 1.82) is 0 Å². The molecule has 0 fully saturated rings. The molecule has 0 radical (unpaired) electrons. The molecule has 0 aliphatic heterocycles. The topological polar surface area (TPSA) is 26.0 Å². The van der Waals surface area contributed by atoms with E-state index in [-0.39, 0.29) is 5.56 Å². The molecule has 1 rings (SSSR count). The minimum atomic E-state index is -2.47. The molecule has 14 heavy (non-hydrogen) atoms. The standard InChI is InChI=1S/C11H13F2N/c1-2-5-10(14)8-6-3-4-7-9(8)11(12)13/h2-4,6-7,10-11H,1,5,14H2/t10-/m0/s1. The summed E-state index contributed by atoms with van der Waals surface area (Å²) >= 11 is 0. The Kier molecular flexibility index (Phi) is 3.77. The first-order chi connectivity index (χ1) is 6.66. The second kappa shape index (κ2) is 4.86. The van der Waals surface area contributed by atoms with Crippen LogP contribution in [0.2, 0.25) is 0 Å². The fraction of sp³-hybridized carbons (Fsp3) is 0.273. The largest absolute Gasteiger partial charge is 0.324 e. The lowest BCUT2D eigenvalue weighted by atomic mass is 9.99. The predicted molar refractivity (Wildman–Crippen MR) is 53.1 cm³/mol. The molecule has 0 bridgehead atoms. The van der Waals surface area contributed by atoms with E-state index in [2.05, 4.69) is 6.58 Å². The molecule has 3 heteroatoms. The first-order valence-corrected chi connectivity index (χ1v) is 4.40. The van der Waals surface area contributed by atoms with Crippen molar-refractivity contribution in [3.8, 4) is 0 Å². The maximum Gasteiger partial charge on any atom is 0.264 e. The fourth-order valence-corrected chi connectivity index (χ4v) is 1.35. The Bertz CT molecular complexity index is 310. The van der Waals surface area contributed by atoms with Gasteiger partial charge >= 0.3 is 0 Å². The van der Waals surface area contributed by atoms with Crippen LogP contribution in [-0.2, 0) is 0 Å². The second-order valence-electron chi connectivity index (χ2n) is 3.06. The summed E-state index contributed by atoms with van der Waals surface area (Å²) in [6, 6.07) is 5.95. The molecule has 1 atom stereocenters. The number of nitrogens with two attached hydrogens (primary N) is 1. The van der Waals surface area contributed by atoms with Gasteiger partial charge in [-0.05, 0) is 12.0 Å². The Balaban J connectivity index is 2.99. The summed E-state index contributed by atoms with van der Waals surface area (Å²) in [4.78, 5) is 0. The molecule has 76 valence electrons. The quantitative estimate of drug-likeness (QED) is 0.737. The van der Waals surface area contributed by atoms with Crippen molar-refractivity contribution in [3.63, 3.8) is 0 Å². The van der Waals surface area contributed by atoms with Crippen LogP contribution in [0.5, 0.6) is 0 Å². The van der Waals surface area contributed by atoms with Crippen molar-refractivity contribution in [1.82, 2.24) is 0 Å². The zero-order chi connectivity index (χ0) is 10.6. The van der Waals surface area contributed by atoms with Crippen LogP contribution < -0.4 is 5.73 Å². The van der Waals surface area contributed by atoms with Crippen molar-refractivity contribution in [3.05, 3.63) is 48.0 Å². The number of hydrogen-bond donors (Lipinski definition) is 1. The molecule has 0 saturated heterocycles. The lowest BCUT2D eigenvalue weighted by Gasteiger charge is -2.14. The summed E-state index contributed by atoms with van der Waals surface area (Å²) in [6.07, 6.45) is -0.335. The molecule has 1 aromatic carbocycles. The van der Waals surface area contributed by atoms with Gasteiger partial charge in [-0.25, -0.2) is 8.78 Å². The van der Waals surface area contributed by atoms with Crippen LogP contribution in [0.25, 0.3) is 0 Å². The molecule has 0 aliphatic carbocycles. The Morgan fingerprint density at radius 3 is 2.36 bits per heavy atom. The Labute approximate surface area is 82.2 Å². The van der Waals surface area contributed by atoms with Gasteiger partial charge in [-0.2, -0.15) is 0 Å². The van der Waals surface area contributed by atoms with Gasteiger partial charge in [0.05, 0.1) is 0 Å². The fourth-order valence-electron chi connectivity index (χ4n) is 1.35. The van der Waals surface area contributed by atoms with E-state index in [1.165, 1.54) is 6.07 Å². The summed E-state index contributed by atoms with van der Waals surface area (Å²) in [5.74, 6) is 0. The normalized spacial score (nSPS) is 12.9. The monoisotopic (exact) mass is 197 g/mol. The number of hydrogen-bond acceptors (Lipinski definition) is 1. The Morgan fingerprint density at radius 1 is 1.29 bits per heavy atom. The van der Waals surface area contributed by atoms with E-state index in [9.17, 15) is 8.78 Å². The SMILES string of the molecule is C=CC[C@H](N)c1ccccc1C(F)F. The van der Waals surface area contributed by atoms with E-state index >= 15 is 0 Å². The van der Waals surface area contributed by atoms with E-state index in [4.69, 9.17) is 5.73 Å². The third-order valence-electron chi connectivity index (χ3n) is 2.05. The number of halogens is 2. The van der Waals surface area contributed by atoms with Crippen LogP contribution in [0.15, 0.2) is 36.9 Å². The van der Waals surface area contributed by atoms with Crippen molar-refractivity contribution >= 4 is 0 Å². The molecule has 2 N–H and O–H groups in total. The van der Waals surface area contributed by atoms with Crippen LogP contribution in [0, 0.1) is 0 Å². The molecule has 0 spiro atoms. The molecular weight excluding hydrogens is 184 g/mol. The molecule has 0 unspecified atom stereocenters. The molecule has 0 aliphatic rings. The maximum absolute atomic E-state index is 12.5. The van der Waals surface area contributed by atoms with Gasteiger partial charge in [-0.3, -0.25) is 0 Å². The first-order valence-electron chi connectivity index (χ1n) is 4.40. The van der Waals surface area contributed by atoms with E-state index in [0.29, 0.717) is 12.0 Å². The highest BCUT2D eigenvalue weighted by atomic mass is 19.3. The summed E-state index contributed by atoms with van der Waals surface area (Å²) < 4.78 is 25.1.